The molecule has 1 heterocycles. The summed E-state index contributed by atoms with van der Waals surface area (Å²) in [6.45, 7) is 2.52. The predicted octanol–water partition coefficient (Wildman–Crippen LogP) is 2.40. The minimum Gasteiger partial charge on any atom is -0.492 e. The van der Waals surface area contributed by atoms with Gasteiger partial charge in [-0.15, -0.1) is 0 Å². The highest BCUT2D eigenvalue weighted by Crippen LogP contribution is 2.36. The van der Waals surface area contributed by atoms with Gasteiger partial charge in [0, 0.05) is 12.0 Å². The lowest BCUT2D eigenvalue weighted by Gasteiger charge is -2.06. The number of aryl methyl sites for hydroxylation is 1. The third-order valence-corrected chi connectivity index (χ3v) is 2.77. The first-order valence-electron chi connectivity index (χ1n) is 4.14. The molecule has 1 aromatic carbocycles. The minimum absolute atomic E-state index is 0.606. The van der Waals surface area contributed by atoms with Crippen molar-refractivity contribution in [1.82, 2.24) is 0 Å². The van der Waals surface area contributed by atoms with Gasteiger partial charge in [0.2, 0.25) is 0 Å². The number of hydrogen-bond donors (Lipinski definition) is 0. The van der Waals surface area contributed by atoms with Crippen LogP contribution in [0.2, 0.25) is 5.02 Å². The maximum absolute atomic E-state index is 10.7. The molecule has 13 heavy (non-hydrogen) atoms. The lowest BCUT2D eigenvalue weighted by atomic mass is 10.0. The summed E-state index contributed by atoms with van der Waals surface area (Å²) in [5.41, 5.74) is 2.52. The van der Waals surface area contributed by atoms with Crippen LogP contribution >= 0.6 is 11.6 Å². The largest absolute Gasteiger partial charge is 0.492 e. The standard InChI is InChI=1S/C10H9ClO2/c1-6-4-7(5-12)10-8(9(6)11)2-3-13-10/h4-5H,2-3H2,1H3. The average Bonchev–Trinajstić information content (AvgIpc) is 2.60. The minimum atomic E-state index is 0.606. The van der Waals surface area contributed by atoms with Gasteiger partial charge >= 0.3 is 0 Å². The summed E-state index contributed by atoms with van der Waals surface area (Å²) in [7, 11) is 0. The molecule has 0 spiro atoms. The summed E-state index contributed by atoms with van der Waals surface area (Å²) in [4.78, 5) is 10.7. The smallest absolute Gasteiger partial charge is 0.153 e. The number of rotatable bonds is 1. The first-order valence-corrected chi connectivity index (χ1v) is 4.52. The van der Waals surface area contributed by atoms with Crippen LogP contribution in [0.5, 0.6) is 5.75 Å². The Bertz CT molecular complexity index is 372. The monoisotopic (exact) mass is 196 g/mol. The quantitative estimate of drug-likeness (QED) is 0.645. The van der Waals surface area contributed by atoms with E-state index >= 15 is 0 Å². The SMILES string of the molecule is Cc1cc(C=O)c2c(c1Cl)CCO2. The lowest BCUT2D eigenvalue weighted by molar-refractivity contribution is 0.112. The summed E-state index contributed by atoms with van der Waals surface area (Å²) < 4.78 is 5.34. The van der Waals surface area contributed by atoms with Crippen molar-refractivity contribution in [2.45, 2.75) is 13.3 Å². The zero-order valence-corrected chi connectivity index (χ0v) is 8.02. The Balaban J connectivity index is 2.70. The van der Waals surface area contributed by atoms with Crippen molar-refractivity contribution in [2.75, 3.05) is 6.61 Å². The number of ether oxygens (including phenoxy) is 1. The van der Waals surface area contributed by atoms with Gasteiger partial charge < -0.3 is 4.74 Å². The first kappa shape index (κ1) is 8.57. The van der Waals surface area contributed by atoms with Crippen molar-refractivity contribution in [1.29, 1.82) is 0 Å². The van der Waals surface area contributed by atoms with Crippen LogP contribution < -0.4 is 4.74 Å². The molecule has 1 aliphatic heterocycles. The molecule has 0 N–H and O–H groups in total. The topological polar surface area (TPSA) is 26.3 Å². The van der Waals surface area contributed by atoms with Gasteiger partial charge in [-0.3, -0.25) is 4.79 Å². The fourth-order valence-electron chi connectivity index (χ4n) is 1.61. The van der Waals surface area contributed by atoms with Crippen molar-refractivity contribution in [2.24, 2.45) is 0 Å². The summed E-state index contributed by atoms with van der Waals surface area (Å²) in [6, 6.07) is 1.76. The number of halogens is 1. The molecule has 1 aliphatic rings. The Hall–Kier alpha value is -1.02. The van der Waals surface area contributed by atoms with Gasteiger partial charge in [0.25, 0.3) is 0 Å². The number of hydrogen-bond acceptors (Lipinski definition) is 2. The molecule has 0 aromatic heterocycles. The number of carbonyl (C=O) groups excluding carboxylic acids is 1. The van der Waals surface area contributed by atoms with Crippen molar-refractivity contribution in [3.8, 4) is 5.75 Å². The van der Waals surface area contributed by atoms with E-state index in [2.05, 4.69) is 0 Å². The van der Waals surface area contributed by atoms with Crippen molar-refractivity contribution >= 4 is 17.9 Å². The number of aldehydes is 1. The molecule has 0 atom stereocenters. The number of carbonyl (C=O) groups is 1. The second-order valence-corrected chi connectivity index (χ2v) is 3.50. The molecular weight excluding hydrogens is 188 g/mol. The van der Waals surface area contributed by atoms with Gasteiger partial charge in [0.05, 0.1) is 17.2 Å². The third-order valence-electron chi connectivity index (χ3n) is 2.24. The maximum atomic E-state index is 10.7. The molecule has 0 amide bonds. The van der Waals surface area contributed by atoms with E-state index in [4.69, 9.17) is 16.3 Å². The second-order valence-electron chi connectivity index (χ2n) is 3.12. The molecule has 0 unspecified atom stereocenters. The predicted molar refractivity (Wildman–Crippen MR) is 50.8 cm³/mol. The lowest BCUT2D eigenvalue weighted by Crippen LogP contribution is -1.91. The third kappa shape index (κ3) is 1.22. The van der Waals surface area contributed by atoms with E-state index in [1.807, 2.05) is 6.92 Å². The Morgan fingerprint density at radius 3 is 3.08 bits per heavy atom. The Morgan fingerprint density at radius 1 is 1.62 bits per heavy atom. The molecule has 0 radical (unpaired) electrons. The van der Waals surface area contributed by atoms with Crippen molar-refractivity contribution in [3.05, 3.63) is 27.8 Å². The Kier molecular flexibility index (Phi) is 2.00. The van der Waals surface area contributed by atoms with Gasteiger partial charge in [-0.05, 0) is 18.6 Å². The Labute approximate surface area is 81.5 Å². The van der Waals surface area contributed by atoms with E-state index in [1.165, 1.54) is 0 Å². The summed E-state index contributed by atoms with van der Waals surface area (Å²) in [5, 5.41) is 0.734. The van der Waals surface area contributed by atoms with Gasteiger partial charge in [-0.1, -0.05) is 11.6 Å². The van der Waals surface area contributed by atoms with E-state index < -0.39 is 0 Å². The van der Waals surface area contributed by atoms with Crippen molar-refractivity contribution in [3.63, 3.8) is 0 Å². The molecule has 2 nitrogen and oxygen atoms in total. The van der Waals surface area contributed by atoms with Crippen LogP contribution in [0.1, 0.15) is 21.5 Å². The van der Waals surface area contributed by atoms with Crippen LogP contribution in [0.4, 0.5) is 0 Å². The summed E-state index contributed by atoms with van der Waals surface area (Å²) in [5.74, 6) is 0.672. The number of fused-ring (bicyclic) bond motifs is 1. The summed E-state index contributed by atoms with van der Waals surface area (Å²) in [6.07, 6.45) is 1.62. The maximum Gasteiger partial charge on any atom is 0.153 e. The summed E-state index contributed by atoms with van der Waals surface area (Å²) >= 11 is 6.07. The van der Waals surface area contributed by atoms with E-state index in [0.29, 0.717) is 17.9 Å². The zero-order chi connectivity index (χ0) is 9.42. The zero-order valence-electron chi connectivity index (χ0n) is 7.26. The average molecular weight is 197 g/mol. The van der Waals surface area contributed by atoms with Crippen LogP contribution in [0.15, 0.2) is 6.07 Å². The van der Waals surface area contributed by atoms with E-state index in [1.54, 1.807) is 6.07 Å². The van der Waals surface area contributed by atoms with E-state index in [0.717, 1.165) is 28.9 Å². The number of benzene rings is 1. The molecule has 3 heteroatoms. The highest BCUT2D eigenvalue weighted by atomic mass is 35.5. The molecule has 0 bridgehead atoms. The van der Waals surface area contributed by atoms with Gasteiger partial charge in [0.1, 0.15) is 5.75 Å². The fourth-order valence-corrected chi connectivity index (χ4v) is 1.85. The van der Waals surface area contributed by atoms with Crippen LogP contribution in [0.3, 0.4) is 0 Å². The van der Waals surface area contributed by atoms with Gasteiger partial charge in [-0.25, -0.2) is 0 Å². The molecule has 2 rings (SSSR count). The van der Waals surface area contributed by atoms with Crippen LogP contribution in [0, 0.1) is 6.92 Å². The molecule has 0 saturated heterocycles. The highest BCUT2D eigenvalue weighted by molar-refractivity contribution is 6.32. The van der Waals surface area contributed by atoms with Crippen LogP contribution in [-0.4, -0.2) is 12.9 Å². The molecule has 68 valence electrons. The van der Waals surface area contributed by atoms with Gasteiger partial charge in [-0.2, -0.15) is 0 Å². The van der Waals surface area contributed by atoms with E-state index in [-0.39, 0.29) is 0 Å². The highest BCUT2D eigenvalue weighted by Gasteiger charge is 2.20. The van der Waals surface area contributed by atoms with Gasteiger partial charge in [0.15, 0.2) is 6.29 Å². The molecule has 0 aliphatic carbocycles. The Morgan fingerprint density at radius 2 is 2.38 bits per heavy atom. The molecular formula is C10H9ClO2. The van der Waals surface area contributed by atoms with Crippen molar-refractivity contribution < 1.29 is 9.53 Å². The molecule has 0 fully saturated rings. The fraction of sp³-hybridized carbons (Fsp3) is 0.300. The molecule has 1 aromatic rings. The van der Waals surface area contributed by atoms with Crippen LogP contribution in [0.25, 0.3) is 0 Å². The van der Waals surface area contributed by atoms with E-state index in [9.17, 15) is 4.79 Å². The first-order chi connectivity index (χ1) is 6.24. The second kappa shape index (κ2) is 3.04. The normalized spacial score (nSPS) is 13.7. The molecule has 0 saturated carbocycles. The van der Waals surface area contributed by atoms with Crippen LogP contribution in [-0.2, 0) is 6.42 Å².